The second kappa shape index (κ2) is 8.74. The van der Waals surface area contributed by atoms with E-state index in [1.165, 1.54) is 11.1 Å². The predicted molar refractivity (Wildman–Crippen MR) is 118 cm³/mol. The summed E-state index contributed by atoms with van der Waals surface area (Å²) in [7, 11) is 1.68. The molecule has 2 aromatic heterocycles. The summed E-state index contributed by atoms with van der Waals surface area (Å²) in [5.41, 5.74) is 5.61. The molecule has 0 spiro atoms. The Morgan fingerprint density at radius 2 is 1.93 bits per heavy atom. The lowest BCUT2D eigenvalue weighted by Crippen LogP contribution is -2.17. The Bertz CT molecular complexity index is 1060. The molecule has 0 aliphatic heterocycles. The van der Waals surface area contributed by atoms with Crippen LogP contribution in [0.25, 0.3) is 22.2 Å². The van der Waals surface area contributed by atoms with Crippen LogP contribution in [0.5, 0.6) is 5.75 Å². The van der Waals surface area contributed by atoms with Crippen LogP contribution < -0.4 is 10.1 Å². The molecule has 0 atom stereocenters. The van der Waals surface area contributed by atoms with Gasteiger partial charge in [-0.1, -0.05) is 23.7 Å². The third-order valence-electron chi connectivity index (χ3n) is 4.72. The molecule has 0 aliphatic carbocycles. The number of nitrogens with zero attached hydrogens (tertiary/aromatic N) is 1. The van der Waals surface area contributed by atoms with E-state index in [9.17, 15) is 0 Å². The molecule has 0 saturated carbocycles. The van der Waals surface area contributed by atoms with Gasteiger partial charge in [0.2, 0.25) is 0 Å². The Hall–Kier alpha value is -2.40. The number of rotatable bonds is 7. The van der Waals surface area contributed by atoms with Crippen molar-refractivity contribution in [2.45, 2.75) is 13.0 Å². The lowest BCUT2D eigenvalue weighted by atomic mass is 10.0. The molecular formula is C23H21ClN2OS. The Labute approximate surface area is 174 Å². The van der Waals surface area contributed by atoms with Crippen molar-refractivity contribution < 1.29 is 4.74 Å². The zero-order valence-electron chi connectivity index (χ0n) is 15.6. The van der Waals surface area contributed by atoms with Crippen molar-refractivity contribution in [3.05, 3.63) is 81.5 Å². The normalized spacial score (nSPS) is 11.1. The number of halogens is 1. The number of thiophene rings is 1. The second-order valence-corrected chi connectivity index (χ2v) is 7.84. The average molecular weight is 409 g/mol. The predicted octanol–water partition coefficient (Wildman–Crippen LogP) is 5.96. The maximum absolute atomic E-state index is 5.96. The standard InChI is InChI=1S/C23H21ClN2OS/c1-27-21-7-4-17-12-19(14-25-10-8-16-2-5-20(24)6-3-16)23(26-22(17)13-21)18-9-11-28-15-18/h2-7,9,11-13,15,25H,8,10,14H2,1H3. The monoisotopic (exact) mass is 408 g/mol. The van der Waals surface area contributed by atoms with Crippen LogP contribution in [0.3, 0.4) is 0 Å². The lowest BCUT2D eigenvalue weighted by Gasteiger charge is -2.12. The molecule has 0 unspecified atom stereocenters. The summed E-state index contributed by atoms with van der Waals surface area (Å²) in [5, 5.41) is 9.69. The summed E-state index contributed by atoms with van der Waals surface area (Å²) < 4.78 is 5.35. The average Bonchev–Trinajstić information content (AvgIpc) is 3.26. The van der Waals surface area contributed by atoms with Crippen LogP contribution in [0.1, 0.15) is 11.1 Å². The number of methoxy groups -OCH3 is 1. The highest BCUT2D eigenvalue weighted by Crippen LogP contribution is 2.29. The van der Waals surface area contributed by atoms with Gasteiger partial charge in [0.1, 0.15) is 5.75 Å². The van der Waals surface area contributed by atoms with E-state index in [1.54, 1.807) is 18.4 Å². The van der Waals surface area contributed by atoms with E-state index in [2.05, 4.69) is 46.4 Å². The van der Waals surface area contributed by atoms with E-state index in [1.807, 2.05) is 24.3 Å². The zero-order valence-corrected chi connectivity index (χ0v) is 17.2. The summed E-state index contributed by atoms with van der Waals surface area (Å²) in [5.74, 6) is 0.824. The van der Waals surface area contributed by atoms with Crippen LogP contribution >= 0.6 is 22.9 Å². The van der Waals surface area contributed by atoms with E-state index < -0.39 is 0 Å². The van der Waals surface area contributed by atoms with Gasteiger partial charge in [0, 0.05) is 34.0 Å². The van der Waals surface area contributed by atoms with Gasteiger partial charge >= 0.3 is 0 Å². The molecule has 1 N–H and O–H groups in total. The van der Waals surface area contributed by atoms with Gasteiger partial charge in [0.15, 0.2) is 0 Å². The summed E-state index contributed by atoms with van der Waals surface area (Å²) in [6.45, 7) is 1.67. The second-order valence-electron chi connectivity index (χ2n) is 6.62. The molecule has 0 amide bonds. The molecule has 0 fully saturated rings. The van der Waals surface area contributed by atoms with Crippen molar-refractivity contribution in [1.29, 1.82) is 0 Å². The molecule has 0 bridgehead atoms. The van der Waals surface area contributed by atoms with Crippen LogP contribution in [-0.2, 0) is 13.0 Å². The fourth-order valence-corrected chi connectivity index (χ4v) is 3.97. The summed E-state index contributed by atoms with van der Waals surface area (Å²) in [6, 6.07) is 18.4. The lowest BCUT2D eigenvalue weighted by molar-refractivity contribution is 0.415. The number of nitrogens with one attached hydrogen (secondary N) is 1. The van der Waals surface area contributed by atoms with Crippen LogP contribution in [0, 0.1) is 0 Å². The summed E-state index contributed by atoms with van der Waals surface area (Å²) in [6.07, 6.45) is 0.961. The molecular weight excluding hydrogens is 388 g/mol. The molecule has 2 heterocycles. The van der Waals surface area contributed by atoms with E-state index in [4.69, 9.17) is 21.3 Å². The molecule has 28 heavy (non-hydrogen) atoms. The van der Waals surface area contributed by atoms with Gasteiger partial charge in [0.25, 0.3) is 0 Å². The minimum Gasteiger partial charge on any atom is -0.497 e. The highest BCUT2D eigenvalue weighted by atomic mass is 35.5. The number of hydrogen-bond donors (Lipinski definition) is 1. The Balaban J connectivity index is 1.54. The molecule has 142 valence electrons. The van der Waals surface area contributed by atoms with Crippen LogP contribution in [0.2, 0.25) is 5.02 Å². The number of hydrogen-bond acceptors (Lipinski definition) is 4. The number of benzene rings is 2. The van der Waals surface area contributed by atoms with Gasteiger partial charge in [-0.25, -0.2) is 4.98 Å². The van der Waals surface area contributed by atoms with E-state index in [0.717, 1.165) is 52.4 Å². The SMILES string of the molecule is COc1ccc2cc(CNCCc3ccc(Cl)cc3)c(-c3ccsc3)nc2c1. The fraction of sp³-hybridized carbons (Fsp3) is 0.174. The van der Waals surface area contributed by atoms with Crippen molar-refractivity contribution in [1.82, 2.24) is 10.3 Å². The molecule has 0 saturated heterocycles. The van der Waals surface area contributed by atoms with Crippen LogP contribution in [-0.4, -0.2) is 18.6 Å². The molecule has 3 nitrogen and oxygen atoms in total. The van der Waals surface area contributed by atoms with Gasteiger partial charge in [-0.3, -0.25) is 0 Å². The molecule has 4 aromatic rings. The van der Waals surface area contributed by atoms with E-state index in [-0.39, 0.29) is 0 Å². The highest BCUT2D eigenvalue weighted by Gasteiger charge is 2.10. The van der Waals surface area contributed by atoms with Crippen molar-refractivity contribution in [2.75, 3.05) is 13.7 Å². The van der Waals surface area contributed by atoms with Gasteiger partial charge < -0.3 is 10.1 Å². The minimum atomic E-state index is 0.772. The summed E-state index contributed by atoms with van der Waals surface area (Å²) >= 11 is 7.64. The minimum absolute atomic E-state index is 0.772. The Morgan fingerprint density at radius 3 is 2.68 bits per heavy atom. The van der Waals surface area contributed by atoms with Gasteiger partial charge in [-0.05, 0) is 65.9 Å². The van der Waals surface area contributed by atoms with Gasteiger partial charge in [-0.15, -0.1) is 0 Å². The number of ether oxygens (including phenoxy) is 1. The first-order valence-electron chi connectivity index (χ1n) is 9.18. The Kier molecular flexibility index (Phi) is 5.91. The first kappa shape index (κ1) is 18.9. The van der Waals surface area contributed by atoms with Gasteiger partial charge in [-0.2, -0.15) is 11.3 Å². The van der Waals surface area contributed by atoms with Crippen molar-refractivity contribution in [3.8, 4) is 17.0 Å². The number of pyridine rings is 1. The zero-order chi connectivity index (χ0) is 19.3. The Morgan fingerprint density at radius 1 is 1.07 bits per heavy atom. The maximum atomic E-state index is 5.96. The molecule has 4 rings (SSSR count). The molecule has 0 radical (unpaired) electrons. The highest BCUT2D eigenvalue weighted by molar-refractivity contribution is 7.08. The van der Waals surface area contributed by atoms with E-state index in [0.29, 0.717) is 0 Å². The maximum Gasteiger partial charge on any atom is 0.121 e. The smallest absolute Gasteiger partial charge is 0.121 e. The molecule has 5 heteroatoms. The van der Waals surface area contributed by atoms with Crippen molar-refractivity contribution in [3.63, 3.8) is 0 Å². The third-order valence-corrected chi connectivity index (χ3v) is 5.65. The topological polar surface area (TPSA) is 34.1 Å². The largest absolute Gasteiger partial charge is 0.497 e. The third kappa shape index (κ3) is 4.36. The first-order valence-corrected chi connectivity index (χ1v) is 10.5. The number of fused-ring (bicyclic) bond motifs is 1. The molecule has 2 aromatic carbocycles. The van der Waals surface area contributed by atoms with Crippen molar-refractivity contribution in [2.24, 2.45) is 0 Å². The van der Waals surface area contributed by atoms with Crippen LogP contribution in [0.4, 0.5) is 0 Å². The van der Waals surface area contributed by atoms with Gasteiger partial charge in [0.05, 0.1) is 18.3 Å². The summed E-state index contributed by atoms with van der Waals surface area (Å²) in [4.78, 5) is 4.94. The van der Waals surface area contributed by atoms with Crippen molar-refractivity contribution >= 4 is 33.8 Å². The molecule has 0 aliphatic rings. The fourth-order valence-electron chi connectivity index (χ4n) is 3.21. The number of aromatic nitrogens is 1. The quantitative estimate of drug-likeness (QED) is 0.383. The van der Waals surface area contributed by atoms with E-state index >= 15 is 0 Å². The van der Waals surface area contributed by atoms with Crippen LogP contribution in [0.15, 0.2) is 65.4 Å². The first-order chi connectivity index (χ1) is 13.7.